The molecule has 0 bridgehead atoms. The normalized spacial score (nSPS) is 0.800. The first-order valence-corrected chi connectivity index (χ1v) is 1.37. The van der Waals surface area contributed by atoms with Gasteiger partial charge in [-0.1, -0.05) is 0 Å². The molecule has 5 heavy (non-hydrogen) atoms. The number of rotatable bonds is 0. The minimum atomic E-state index is 0. The summed E-state index contributed by atoms with van der Waals surface area (Å²) in [5, 5.41) is 0. The molecule has 0 heterocycles. The van der Waals surface area contributed by atoms with Crippen LogP contribution in [0.25, 0.3) is 0 Å². The topological polar surface area (TPSA) is 47.1 Å². The van der Waals surface area contributed by atoms with Gasteiger partial charge >= 0.3 is 63.3 Å². The van der Waals surface area contributed by atoms with Crippen molar-refractivity contribution in [2.24, 2.45) is 0 Å². The summed E-state index contributed by atoms with van der Waals surface area (Å²) in [6, 6.07) is 0. The van der Waals surface area contributed by atoms with Crippen LogP contribution in [0.5, 0.6) is 0 Å². The molecule has 31 valence electrons. The summed E-state index contributed by atoms with van der Waals surface area (Å²) in [4.78, 5) is 0. The molecule has 0 saturated heterocycles. The zero-order valence-corrected chi connectivity index (χ0v) is 10.1. The average Bonchev–Trinajstić information content (AvgIpc) is 1.00. The summed E-state index contributed by atoms with van der Waals surface area (Å²) in [5.74, 6) is 0. The van der Waals surface area contributed by atoms with Gasteiger partial charge in [0.1, 0.15) is 0 Å². The second-order valence-electron chi connectivity index (χ2n) is 0. The van der Waals surface area contributed by atoms with Crippen molar-refractivity contribution < 1.29 is 30.9 Å². The van der Waals surface area contributed by atoms with Gasteiger partial charge in [0.15, 0.2) is 0 Å². The van der Waals surface area contributed by atoms with E-state index >= 15 is 0 Å². The molecule has 0 spiro atoms. The quantitative estimate of drug-likeness (QED) is 0.521. The van der Waals surface area contributed by atoms with Crippen LogP contribution in [-0.2, 0) is 25.5 Å². The summed E-state index contributed by atoms with van der Waals surface area (Å²) < 4.78 is 8.34. The third-order valence-corrected chi connectivity index (χ3v) is 0. The first-order valence-electron chi connectivity index (χ1n) is 0.204. The molecule has 1 N–H and O–H groups in total. The summed E-state index contributed by atoms with van der Waals surface area (Å²) in [6.07, 6.45) is 0. The van der Waals surface area contributed by atoms with E-state index in [1.54, 1.807) is 0 Å². The van der Waals surface area contributed by atoms with Gasteiger partial charge in [0, 0.05) is 22.4 Å². The molecule has 0 aliphatic rings. The predicted molar refractivity (Wildman–Crippen MR) is 15.5 cm³/mol. The molecule has 0 aromatic carbocycles. The van der Waals surface area contributed by atoms with Gasteiger partial charge in [-0.3, -0.25) is 0 Å². The SMILES string of the molecule is [Ag].[CaH+].[OH-].[O]=[Sn]. The first kappa shape index (κ1) is 25.7. The standard InChI is InChI=1S/Ag.Ca.H2O.O.Sn.H/h;;1H2;;;/q;+1;;;;/p-1. The Morgan fingerprint density at radius 2 is 1.20 bits per heavy atom. The Balaban J connectivity index is -0.00000000167. The van der Waals surface area contributed by atoms with Crippen LogP contribution in [0.1, 0.15) is 0 Å². The fraction of sp³-hybridized carbons (Fsp3) is 0. The Morgan fingerprint density at radius 1 is 1.20 bits per heavy atom. The zero-order chi connectivity index (χ0) is 2.00. The van der Waals surface area contributed by atoms with E-state index in [2.05, 4.69) is 0 Å². The number of hydrogen-bond acceptors (Lipinski definition) is 2. The third-order valence-electron chi connectivity index (χ3n) is 0. The van der Waals surface area contributed by atoms with E-state index in [9.17, 15) is 0 Å². The van der Waals surface area contributed by atoms with Crippen LogP contribution in [0.3, 0.4) is 0 Å². The van der Waals surface area contributed by atoms with Gasteiger partial charge in [-0.05, 0) is 0 Å². The molecule has 5 heteroatoms. The van der Waals surface area contributed by atoms with Gasteiger partial charge in [0.2, 0.25) is 0 Å². The van der Waals surface area contributed by atoms with Crippen LogP contribution in [0.2, 0.25) is 0 Å². The van der Waals surface area contributed by atoms with Gasteiger partial charge < -0.3 is 5.48 Å². The summed E-state index contributed by atoms with van der Waals surface area (Å²) in [5.41, 5.74) is 0. The van der Waals surface area contributed by atoms with E-state index in [4.69, 9.17) is 3.08 Å². The molecule has 3 radical (unpaired) electrons. The zero-order valence-electron chi connectivity index (χ0n) is 2.66. The molecule has 0 aromatic rings. The van der Waals surface area contributed by atoms with E-state index in [0.29, 0.717) is 22.5 Å². The summed E-state index contributed by atoms with van der Waals surface area (Å²) >= 11 is 0.300. The molecule has 0 aliphatic heterocycles. The van der Waals surface area contributed by atoms with E-state index in [1.165, 1.54) is 0 Å². The van der Waals surface area contributed by atoms with Crippen LogP contribution in [0, 0.1) is 0 Å². The average molecular weight is 301 g/mol. The summed E-state index contributed by atoms with van der Waals surface area (Å²) in [7, 11) is 0. The molecule has 0 saturated carbocycles. The maximum atomic E-state index is 8.34. The Hall–Kier alpha value is 2.56. The molecule has 0 rings (SSSR count). The van der Waals surface area contributed by atoms with Crippen molar-refractivity contribution in [3.8, 4) is 0 Å². The van der Waals surface area contributed by atoms with Crippen molar-refractivity contribution in [2.45, 2.75) is 0 Å². The van der Waals surface area contributed by atoms with Crippen LogP contribution < -0.4 is 0 Å². The molecular formula is H2AgCaO2Sn. The van der Waals surface area contributed by atoms with E-state index in [0.717, 1.165) is 0 Å². The van der Waals surface area contributed by atoms with Gasteiger partial charge in [-0.25, -0.2) is 0 Å². The van der Waals surface area contributed by atoms with Crippen molar-refractivity contribution >= 4 is 60.2 Å². The molecule has 0 aromatic heterocycles. The number of hydrogen-bond donors (Lipinski definition) is 0. The fourth-order valence-electron chi connectivity index (χ4n) is 0. The molecule has 0 atom stereocenters. The third kappa shape index (κ3) is 20.8. The second-order valence-corrected chi connectivity index (χ2v) is 0. The predicted octanol–water partition coefficient (Wildman–Crippen LogP) is -1.33. The van der Waals surface area contributed by atoms with Crippen LogP contribution in [0.15, 0.2) is 0 Å². The Labute approximate surface area is 89.4 Å². The maximum absolute atomic E-state index is 8.34. The van der Waals surface area contributed by atoms with E-state index in [1.807, 2.05) is 0 Å². The van der Waals surface area contributed by atoms with Gasteiger partial charge in [0.05, 0.1) is 0 Å². The van der Waals surface area contributed by atoms with Crippen molar-refractivity contribution in [1.29, 1.82) is 0 Å². The van der Waals surface area contributed by atoms with Crippen LogP contribution >= 0.6 is 0 Å². The fourth-order valence-corrected chi connectivity index (χ4v) is 0. The first-order chi connectivity index (χ1) is 1.00. The van der Waals surface area contributed by atoms with Gasteiger partial charge in [-0.2, -0.15) is 0 Å². The Kier molecular flexibility index (Phi) is 159. The molecule has 2 nitrogen and oxygen atoms in total. The Morgan fingerprint density at radius 3 is 1.20 bits per heavy atom. The Bertz CT molecular complexity index is 9.61. The van der Waals surface area contributed by atoms with E-state index in [-0.39, 0.29) is 65.6 Å². The molecule has 0 aliphatic carbocycles. The van der Waals surface area contributed by atoms with Crippen molar-refractivity contribution in [3.63, 3.8) is 0 Å². The van der Waals surface area contributed by atoms with E-state index < -0.39 is 0 Å². The van der Waals surface area contributed by atoms with Gasteiger partial charge in [-0.15, -0.1) is 0 Å². The monoisotopic (exact) mass is 301 g/mol. The van der Waals surface area contributed by atoms with Crippen molar-refractivity contribution in [1.82, 2.24) is 0 Å². The van der Waals surface area contributed by atoms with Crippen molar-refractivity contribution in [2.75, 3.05) is 0 Å². The van der Waals surface area contributed by atoms with Crippen LogP contribution in [0.4, 0.5) is 0 Å². The van der Waals surface area contributed by atoms with Crippen molar-refractivity contribution in [3.05, 3.63) is 0 Å². The minimum absolute atomic E-state index is 0. The molecule has 0 unspecified atom stereocenters. The molecule has 0 amide bonds. The van der Waals surface area contributed by atoms with Crippen LogP contribution in [-0.4, -0.2) is 65.7 Å². The molecule has 0 fully saturated rings. The summed E-state index contributed by atoms with van der Waals surface area (Å²) in [6.45, 7) is 0. The molecular weight excluding hydrogens is 299 g/mol. The second kappa shape index (κ2) is 31.0. The van der Waals surface area contributed by atoms with Gasteiger partial charge in [0.25, 0.3) is 0 Å².